The molecule has 0 unspecified atom stereocenters. The van der Waals surface area contributed by atoms with Crippen molar-refractivity contribution >= 4 is 5.97 Å². The van der Waals surface area contributed by atoms with Gasteiger partial charge in [-0.3, -0.25) is 0 Å². The van der Waals surface area contributed by atoms with Crippen LogP contribution in [0.3, 0.4) is 0 Å². The van der Waals surface area contributed by atoms with Crippen LogP contribution in [-0.2, 0) is 9.53 Å². The van der Waals surface area contributed by atoms with Crippen molar-refractivity contribution in [2.75, 3.05) is 0 Å². The fourth-order valence-corrected chi connectivity index (χ4v) is 0.383. The van der Waals surface area contributed by atoms with Gasteiger partial charge in [0.15, 0.2) is 6.07 Å². The highest BCUT2D eigenvalue weighted by Gasteiger charge is 2.13. The van der Waals surface area contributed by atoms with Crippen LogP contribution >= 0.6 is 0 Å². The average Bonchev–Trinajstić information content (AvgIpc) is 1.79. The lowest BCUT2D eigenvalue weighted by molar-refractivity contribution is -0.147. The molecule has 0 fully saturated rings. The van der Waals surface area contributed by atoms with E-state index in [0.717, 1.165) is 0 Å². The van der Waals surface area contributed by atoms with Crippen LogP contribution in [0.4, 0.5) is 0 Å². The van der Waals surface area contributed by atoms with Crippen LogP contribution in [0.25, 0.3) is 0 Å². The van der Waals surface area contributed by atoms with Crippen molar-refractivity contribution in [1.29, 1.82) is 5.26 Å². The van der Waals surface area contributed by atoms with E-state index in [2.05, 4.69) is 0 Å². The largest absolute Gasteiger partial charge is 0.450 e. The van der Waals surface area contributed by atoms with Crippen molar-refractivity contribution in [2.24, 2.45) is 0 Å². The average molecular weight is 151 g/mol. The highest BCUT2D eigenvalue weighted by atomic mass is 16.6. The molecule has 0 aliphatic carbocycles. The molecule has 0 N–H and O–H groups in total. The molecule has 0 bridgehead atoms. The summed E-state index contributed by atoms with van der Waals surface area (Å²) in [4.78, 5) is 10.7. The Morgan fingerprint density at radius 3 is 2.36 bits per heavy atom. The summed E-state index contributed by atoms with van der Waals surface area (Å²) in [7, 11) is 0. The maximum atomic E-state index is 10.7. The zero-order chi connectivity index (χ0) is 8.91. The molecule has 0 aliphatic rings. The van der Waals surface area contributed by atoms with Crippen molar-refractivity contribution < 1.29 is 9.53 Å². The van der Waals surface area contributed by atoms with Gasteiger partial charge < -0.3 is 4.74 Å². The standard InChI is InChI=1S/C8H9NO2/c1-8(2,3)11-7(10)5-4-6-9/h1-3H3. The lowest BCUT2D eigenvalue weighted by atomic mass is 10.2. The van der Waals surface area contributed by atoms with Crippen LogP contribution in [0.2, 0.25) is 0 Å². The molecular formula is C8H9NO2. The predicted molar refractivity (Wildman–Crippen MR) is 39.2 cm³/mol. The number of hydrogen-bond donors (Lipinski definition) is 0. The Labute approximate surface area is 66.0 Å². The Kier molecular flexibility index (Phi) is 3.14. The van der Waals surface area contributed by atoms with Crippen LogP contribution in [0, 0.1) is 23.2 Å². The molecule has 0 aromatic carbocycles. The summed E-state index contributed by atoms with van der Waals surface area (Å²) in [5.74, 6) is 3.30. The fraction of sp³-hybridized carbons (Fsp3) is 0.500. The zero-order valence-corrected chi connectivity index (χ0v) is 6.76. The minimum Gasteiger partial charge on any atom is -0.450 e. The van der Waals surface area contributed by atoms with E-state index in [1.165, 1.54) is 6.07 Å². The van der Waals surface area contributed by atoms with E-state index in [1.807, 2.05) is 11.8 Å². The summed E-state index contributed by atoms with van der Waals surface area (Å²) in [6, 6.07) is 1.52. The van der Waals surface area contributed by atoms with Gasteiger partial charge in [-0.2, -0.15) is 5.26 Å². The highest BCUT2D eigenvalue weighted by Crippen LogP contribution is 2.05. The molecule has 0 aromatic heterocycles. The number of rotatable bonds is 0. The van der Waals surface area contributed by atoms with Crippen molar-refractivity contribution in [2.45, 2.75) is 26.4 Å². The molecule has 0 spiro atoms. The van der Waals surface area contributed by atoms with Gasteiger partial charge in [0.25, 0.3) is 0 Å². The molecule has 58 valence electrons. The Balaban J connectivity index is 4.02. The zero-order valence-electron chi connectivity index (χ0n) is 6.76. The first kappa shape index (κ1) is 9.52. The Hall–Kier alpha value is -1.48. The van der Waals surface area contributed by atoms with Crippen LogP contribution < -0.4 is 0 Å². The molecule has 0 aromatic rings. The topological polar surface area (TPSA) is 50.1 Å². The third-order valence-corrected chi connectivity index (χ3v) is 0.619. The lowest BCUT2D eigenvalue weighted by Gasteiger charge is -2.16. The van der Waals surface area contributed by atoms with Gasteiger partial charge in [-0.25, -0.2) is 4.79 Å². The number of carbonyl (C=O) groups excluding carboxylic acids is 1. The molecule has 0 heterocycles. The third kappa shape index (κ3) is 6.40. The molecule has 0 saturated heterocycles. The Bertz CT molecular complexity index is 244. The minimum atomic E-state index is -0.668. The number of esters is 1. The predicted octanol–water partition coefficient (Wildman–Crippen LogP) is 0.855. The van der Waals surface area contributed by atoms with Gasteiger partial charge in [0.2, 0.25) is 0 Å². The monoisotopic (exact) mass is 151 g/mol. The van der Waals surface area contributed by atoms with Crippen molar-refractivity contribution in [3.05, 3.63) is 0 Å². The van der Waals surface area contributed by atoms with Gasteiger partial charge in [0.1, 0.15) is 5.60 Å². The van der Waals surface area contributed by atoms with Crippen LogP contribution in [-0.4, -0.2) is 11.6 Å². The summed E-state index contributed by atoms with van der Waals surface area (Å²) >= 11 is 0. The Morgan fingerprint density at radius 1 is 1.45 bits per heavy atom. The van der Waals surface area contributed by atoms with Crippen molar-refractivity contribution in [3.63, 3.8) is 0 Å². The molecule has 3 heteroatoms. The maximum Gasteiger partial charge on any atom is 0.385 e. The molecule has 0 aliphatic heterocycles. The first-order valence-electron chi connectivity index (χ1n) is 3.09. The number of carbonyl (C=O) groups is 1. The van der Waals surface area contributed by atoms with Gasteiger partial charge in [0, 0.05) is 11.8 Å². The van der Waals surface area contributed by atoms with Gasteiger partial charge in [-0.05, 0) is 20.8 Å². The second-order valence-corrected chi connectivity index (χ2v) is 2.86. The summed E-state index contributed by atoms with van der Waals surface area (Å²) < 4.78 is 4.78. The number of nitrogens with zero attached hydrogens (tertiary/aromatic N) is 1. The van der Waals surface area contributed by atoms with E-state index in [1.54, 1.807) is 20.8 Å². The first-order valence-corrected chi connectivity index (χ1v) is 3.09. The van der Waals surface area contributed by atoms with Crippen LogP contribution in [0.1, 0.15) is 20.8 Å². The van der Waals surface area contributed by atoms with Gasteiger partial charge in [-0.15, -0.1) is 0 Å². The third-order valence-electron chi connectivity index (χ3n) is 0.619. The molecule has 0 rings (SSSR count). The second-order valence-electron chi connectivity index (χ2n) is 2.86. The number of nitriles is 1. The number of ether oxygens (including phenoxy) is 1. The fourth-order valence-electron chi connectivity index (χ4n) is 0.383. The summed E-state index contributed by atoms with van der Waals surface area (Å²) in [6.45, 7) is 5.21. The lowest BCUT2D eigenvalue weighted by Crippen LogP contribution is -2.22. The quantitative estimate of drug-likeness (QED) is 0.293. The SMILES string of the molecule is CC(C)(C)OC(=O)C#CC#N. The Morgan fingerprint density at radius 2 is 2.00 bits per heavy atom. The number of hydrogen-bond acceptors (Lipinski definition) is 3. The van der Waals surface area contributed by atoms with Crippen LogP contribution in [0.5, 0.6) is 0 Å². The van der Waals surface area contributed by atoms with Gasteiger partial charge >= 0.3 is 5.97 Å². The van der Waals surface area contributed by atoms with Crippen molar-refractivity contribution in [1.82, 2.24) is 0 Å². The molecule has 0 amide bonds. The van der Waals surface area contributed by atoms with Gasteiger partial charge in [0.05, 0.1) is 0 Å². The van der Waals surface area contributed by atoms with E-state index in [-0.39, 0.29) is 0 Å². The molecular weight excluding hydrogens is 142 g/mol. The summed E-state index contributed by atoms with van der Waals surface area (Å²) in [5, 5.41) is 7.98. The summed E-state index contributed by atoms with van der Waals surface area (Å²) in [6.07, 6.45) is 0. The normalized spacial score (nSPS) is 8.91. The molecule has 0 saturated carbocycles. The van der Waals surface area contributed by atoms with Crippen LogP contribution in [0.15, 0.2) is 0 Å². The minimum absolute atomic E-state index is 0.540. The first-order chi connectivity index (χ1) is 4.95. The van der Waals surface area contributed by atoms with Gasteiger partial charge in [-0.1, -0.05) is 0 Å². The van der Waals surface area contributed by atoms with E-state index < -0.39 is 11.6 Å². The molecule has 3 nitrogen and oxygen atoms in total. The maximum absolute atomic E-state index is 10.7. The van der Waals surface area contributed by atoms with E-state index >= 15 is 0 Å². The van der Waals surface area contributed by atoms with E-state index in [4.69, 9.17) is 10.00 Å². The smallest absolute Gasteiger partial charge is 0.385 e. The molecule has 11 heavy (non-hydrogen) atoms. The molecule has 0 radical (unpaired) electrons. The molecule has 0 atom stereocenters. The summed E-state index contributed by atoms with van der Waals surface area (Å²) in [5.41, 5.74) is -0.540. The highest BCUT2D eigenvalue weighted by molar-refractivity contribution is 5.89. The van der Waals surface area contributed by atoms with E-state index in [9.17, 15) is 4.79 Å². The van der Waals surface area contributed by atoms with Crippen molar-refractivity contribution in [3.8, 4) is 17.9 Å². The van der Waals surface area contributed by atoms with E-state index in [0.29, 0.717) is 0 Å². The second kappa shape index (κ2) is 3.63.